The Morgan fingerprint density at radius 3 is 2.39 bits per heavy atom. The highest BCUT2D eigenvalue weighted by atomic mass is 15.3. The van der Waals surface area contributed by atoms with Crippen LogP contribution >= 0.6 is 0 Å². The van der Waals surface area contributed by atoms with E-state index in [2.05, 4.69) is 35.4 Å². The Hall–Kier alpha value is -3.19. The van der Waals surface area contributed by atoms with E-state index in [0.717, 1.165) is 17.7 Å². The van der Waals surface area contributed by atoms with E-state index in [4.69, 9.17) is 4.99 Å². The van der Waals surface area contributed by atoms with Crippen molar-refractivity contribution in [3.63, 3.8) is 0 Å². The Morgan fingerprint density at radius 2 is 1.70 bits per heavy atom. The zero-order chi connectivity index (χ0) is 15.6. The average Bonchev–Trinajstić information content (AvgIpc) is 3.05. The number of aliphatic imine (C=N–C) groups is 1. The Balaban J connectivity index is 1.87. The molecule has 2 aromatic carbocycles. The Bertz CT molecular complexity index is 902. The van der Waals surface area contributed by atoms with E-state index in [1.54, 1.807) is 6.20 Å². The van der Waals surface area contributed by atoms with Crippen LogP contribution in [0, 0.1) is 11.3 Å². The number of benzene rings is 2. The van der Waals surface area contributed by atoms with E-state index in [1.807, 2.05) is 41.1 Å². The van der Waals surface area contributed by atoms with Crippen molar-refractivity contribution in [1.82, 2.24) is 9.78 Å². The molecule has 4 heteroatoms. The minimum absolute atomic E-state index is 0.0565. The molecule has 23 heavy (non-hydrogen) atoms. The summed E-state index contributed by atoms with van der Waals surface area (Å²) in [6, 6.07) is 22.6. The summed E-state index contributed by atoms with van der Waals surface area (Å²) in [5.41, 5.74) is 3.76. The van der Waals surface area contributed by atoms with Crippen LogP contribution in [-0.2, 0) is 0 Å². The molecule has 0 saturated carbocycles. The zero-order valence-corrected chi connectivity index (χ0v) is 12.4. The van der Waals surface area contributed by atoms with Gasteiger partial charge in [0.25, 0.3) is 0 Å². The summed E-state index contributed by atoms with van der Waals surface area (Å²) in [5, 5.41) is 13.7. The van der Waals surface area contributed by atoms with Crippen LogP contribution in [0.1, 0.15) is 29.2 Å². The maximum absolute atomic E-state index is 9.32. The maximum Gasteiger partial charge on any atom is 0.169 e. The largest absolute Gasteiger partial charge is 0.239 e. The molecule has 0 saturated heterocycles. The lowest BCUT2D eigenvalue weighted by molar-refractivity contribution is 0.532. The number of rotatable bonds is 2. The van der Waals surface area contributed by atoms with E-state index in [1.165, 1.54) is 5.56 Å². The van der Waals surface area contributed by atoms with Crippen molar-refractivity contribution in [2.45, 2.75) is 12.5 Å². The second-order valence-electron chi connectivity index (χ2n) is 5.49. The monoisotopic (exact) mass is 298 g/mol. The first-order valence-electron chi connectivity index (χ1n) is 7.52. The first kappa shape index (κ1) is 13.5. The smallest absolute Gasteiger partial charge is 0.169 e. The minimum Gasteiger partial charge on any atom is -0.239 e. The molecule has 110 valence electrons. The van der Waals surface area contributed by atoms with Crippen molar-refractivity contribution >= 4 is 11.5 Å². The first-order chi connectivity index (χ1) is 11.4. The third kappa shape index (κ3) is 2.33. The normalized spacial score (nSPS) is 16.3. The van der Waals surface area contributed by atoms with Crippen LogP contribution in [-0.4, -0.2) is 15.5 Å². The summed E-state index contributed by atoms with van der Waals surface area (Å²) in [6.45, 7) is 0. The zero-order valence-electron chi connectivity index (χ0n) is 12.4. The van der Waals surface area contributed by atoms with Gasteiger partial charge in [0.1, 0.15) is 11.6 Å². The van der Waals surface area contributed by atoms with Gasteiger partial charge >= 0.3 is 0 Å². The summed E-state index contributed by atoms with van der Waals surface area (Å²) in [6.07, 6.45) is 2.36. The van der Waals surface area contributed by atoms with Gasteiger partial charge in [-0.2, -0.15) is 10.4 Å². The molecule has 4 nitrogen and oxygen atoms in total. The lowest BCUT2D eigenvalue weighted by Crippen LogP contribution is -2.21. The van der Waals surface area contributed by atoms with Crippen LogP contribution in [0.4, 0.5) is 5.82 Å². The summed E-state index contributed by atoms with van der Waals surface area (Å²) in [7, 11) is 0. The molecular weight excluding hydrogens is 284 g/mol. The summed E-state index contributed by atoms with van der Waals surface area (Å²) >= 11 is 0. The second kappa shape index (κ2) is 5.54. The van der Waals surface area contributed by atoms with Gasteiger partial charge in [-0.1, -0.05) is 60.7 Å². The quantitative estimate of drug-likeness (QED) is 0.721. The van der Waals surface area contributed by atoms with Crippen molar-refractivity contribution < 1.29 is 0 Å². The highest BCUT2D eigenvalue weighted by Gasteiger charge is 2.27. The van der Waals surface area contributed by atoms with Crippen LogP contribution in [0.5, 0.6) is 0 Å². The van der Waals surface area contributed by atoms with E-state index in [9.17, 15) is 5.26 Å². The molecular formula is C19H14N4. The molecule has 1 aromatic heterocycles. The fourth-order valence-corrected chi connectivity index (χ4v) is 2.96. The molecule has 1 aliphatic rings. The summed E-state index contributed by atoms with van der Waals surface area (Å²) < 4.78 is 1.86. The van der Waals surface area contributed by atoms with E-state index in [-0.39, 0.29) is 6.04 Å². The second-order valence-corrected chi connectivity index (χ2v) is 5.49. The van der Waals surface area contributed by atoms with Gasteiger partial charge in [-0.25, -0.2) is 9.67 Å². The van der Waals surface area contributed by atoms with Gasteiger partial charge in [-0.15, -0.1) is 0 Å². The van der Waals surface area contributed by atoms with Crippen molar-refractivity contribution in [2.75, 3.05) is 0 Å². The number of aromatic nitrogens is 2. The van der Waals surface area contributed by atoms with Crippen LogP contribution in [0.15, 0.2) is 71.9 Å². The average molecular weight is 298 g/mol. The lowest BCUT2D eigenvalue weighted by Gasteiger charge is -2.25. The third-order valence-corrected chi connectivity index (χ3v) is 4.10. The predicted octanol–water partition coefficient (Wildman–Crippen LogP) is 3.87. The predicted molar refractivity (Wildman–Crippen MR) is 88.8 cm³/mol. The number of nitriles is 1. The molecule has 4 rings (SSSR count). The molecule has 0 amide bonds. The topological polar surface area (TPSA) is 54.0 Å². The third-order valence-electron chi connectivity index (χ3n) is 4.10. The Kier molecular flexibility index (Phi) is 3.25. The standard InChI is InChI=1S/C19H14N4/c20-12-16-13-21-23-18(15-9-5-2-6-10-15)11-17(22-19(16)23)14-7-3-1-4-8-14/h1-10,13,18H,11H2. The highest BCUT2D eigenvalue weighted by Crippen LogP contribution is 2.35. The molecule has 1 unspecified atom stereocenters. The van der Waals surface area contributed by atoms with Gasteiger partial charge in [0.15, 0.2) is 5.82 Å². The first-order valence-corrected chi connectivity index (χ1v) is 7.52. The highest BCUT2D eigenvalue weighted by molar-refractivity contribution is 6.03. The molecule has 3 aromatic rings. The fraction of sp³-hybridized carbons (Fsp3) is 0.105. The van der Waals surface area contributed by atoms with Crippen molar-refractivity contribution in [2.24, 2.45) is 4.99 Å². The molecule has 0 N–H and O–H groups in total. The molecule has 0 aliphatic carbocycles. The van der Waals surface area contributed by atoms with Gasteiger partial charge in [-0.3, -0.25) is 0 Å². The van der Waals surface area contributed by atoms with Gasteiger partial charge in [0.05, 0.1) is 18.0 Å². The lowest BCUT2D eigenvalue weighted by atomic mass is 9.96. The van der Waals surface area contributed by atoms with Crippen LogP contribution in [0.25, 0.3) is 0 Å². The van der Waals surface area contributed by atoms with Crippen LogP contribution < -0.4 is 0 Å². The van der Waals surface area contributed by atoms with E-state index >= 15 is 0 Å². The molecule has 0 spiro atoms. The van der Waals surface area contributed by atoms with Gasteiger partial charge < -0.3 is 0 Å². The Morgan fingerprint density at radius 1 is 1.00 bits per heavy atom. The van der Waals surface area contributed by atoms with Gasteiger partial charge in [0.2, 0.25) is 0 Å². The summed E-state index contributed by atoms with van der Waals surface area (Å²) in [4.78, 5) is 4.72. The summed E-state index contributed by atoms with van der Waals surface area (Å²) in [5.74, 6) is 0.645. The molecule has 1 aliphatic heterocycles. The number of nitrogens with zero attached hydrogens (tertiary/aromatic N) is 4. The van der Waals surface area contributed by atoms with Gasteiger partial charge in [-0.05, 0) is 11.1 Å². The minimum atomic E-state index is 0.0565. The van der Waals surface area contributed by atoms with E-state index in [0.29, 0.717) is 11.4 Å². The molecule has 0 radical (unpaired) electrons. The fourth-order valence-electron chi connectivity index (χ4n) is 2.96. The number of hydrogen-bond acceptors (Lipinski definition) is 3. The van der Waals surface area contributed by atoms with E-state index < -0.39 is 0 Å². The van der Waals surface area contributed by atoms with Crippen molar-refractivity contribution in [3.8, 4) is 6.07 Å². The number of fused-ring (bicyclic) bond motifs is 1. The van der Waals surface area contributed by atoms with Crippen LogP contribution in [0.3, 0.4) is 0 Å². The van der Waals surface area contributed by atoms with Crippen molar-refractivity contribution in [3.05, 3.63) is 83.6 Å². The van der Waals surface area contributed by atoms with Crippen molar-refractivity contribution in [1.29, 1.82) is 5.26 Å². The Labute approximate surface area is 134 Å². The molecule has 2 heterocycles. The maximum atomic E-state index is 9.32. The SMILES string of the molecule is N#Cc1cnn2c1N=C(c1ccccc1)CC2c1ccccc1. The molecule has 0 fully saturated rings. The molecule has 1 atom stereocenters. The molecule has 0 bridgehead atoms. The van der Waals surface area contributed by atoms with Crippen LogP contribution in [0.2, 0.25) is 0 Å². The number of hydrogen-bond donors (Lipinski definition) is 0. The van der Waals surface area contributed by atoms with Gasteiger partial charge in [0, 0.05) is 6.42 Å².